The second kappa shape index (κ2) is 6.40. The second-order valence-electron chi connectivity index (χ2n) is 4.82. The predicted octanol–water partition coefficient (Wildman–Crippen LogP) is 2.84. The van der Waals surface area contributed by atoms with Crippen LogP contribution in [-0.4, -0.2) is 17.1 Å². The molecule has 2 unspecified atom stereocenters. The first-order chi connectivity index (χ1) is 8.00. The molecule has 0 amide bonds. The fourth-order valence-corrected chi connectivity index (χ4v) is 1.85. The summed E-state index contributed by atoms with van der Waals surface area (Å²) in [7, 11) is 0. The highest BCUT2D eigenvalue weighted by molar-refractivity contribution is 5.73. The van der Waals surface area contributed by atoms with Crippen LogP contribution in [0.15, 0.2) is 30.3 Å². The molecule has 0 aliphatic rings. The molecule has 2 N–H and O–H groups in total. The van der Waals surface area contributed by atoms with Gasteiger partial charge in [0.2, 0.25) is 0 Å². The SMILES string of the molecule is CC(C)CC(NC(C)c1ccccc1)C(=O)O. The average molecular weight is 235 g/mol. The van der Waals surface area contributed by atoms with E-state index in [-0.39, 0.29) is 6.04 Å². The Morgan fingerprint density at radius 3 is 2.29 bits per heavy atom. The van der Waals surface area contributed by atoms with E-state index < -0.39 is 12.0 Å². The lowest BCUT2D eigenvalue weighted by Crippen LogP contribution is -2.39. The van der Waals surface area contributed by atoms with E-state index >= 15 is 0 Å². The quantitative estimate of drug-likeness (QED) is 0.797. The fraction of sp³-hybridized carbons (Fsp3) is 0.500. The standard InChI is InChI=1S/C14H21NO2/c1-10(2)9-13(14(16)17)15-11(3)12-7-5-4-6-8-12/h4-8,10-11,13,15H,9H2,1-3H3,(H,16,17). The molecule has 3 heteroatoms. The maximum Gasteiger partial charge on any atom is 0.320 e. The van der Waals surface area contributed by atoms with Crippen LogP contribution in [0.25, 0.3) is 0 Å². The van der Waals surface area contributed by atoms with E-state index in [0.717, 1.165) is 5.56 Å². The number of rotatable bonds is 6. The van der Waals surface area contributed by atoms with Crippen LogP contribution in [0.4, 0.5) is 0 Å². The van der Waals surface area contributed by atoms with Crippen LogP contribution in [0.1, 0.15) is 38.8 Å². The van der Waals surface area contributed by atoms with E-state index in [2.05, 4.69) is 5.32 Å². The van der Waals surface area contributed by atoms with E-state index in [9.17, 15) is 4.79 Å². The molecule has 0 aromatic heterocycles. The van der Waals surface area contributed by atoms with Crippen LogP contribution in [0.5, 0.6) is 0 Å². The molecule has 1 rings (SSSR count). The molecule has 1 aromatic carbocycles. The summed E-state index contributed by atoms with van der Waals surface area (Å²) >= 11 is 0. The first-order valence-corrected chi connectivity index (χ1v) is 6.04. The number of carboxylic acid groups (broad SMARTS) is 1. The van der Waals surface area contributed by atoms with Gasteiger partial charge in [0.15, 0.2) is 0 Å². The molecule has 0 saturated carbocycles. The van der Waals surface area contributed by atoms with Crippen LogP contribution in [0, 0.1) is 5.92 Å². The molecule has 0 radical (unpaired) electrons. The smallest absolute Gasteiger partial charge is 0.320 e. The van der Waals surface area contributed by atoms with Crippen molar-refractivity contribution in [2.75, 3.05) is 0 Å². The Hall–Kier alpha value is -1.35. The molecule has 3 nitrogen and oxygen atoms in total. The van der Waals surface area contributed by atoms with Crippen molar-refractivity contribution >= 4 is 5.97 Å². The molecule has 0 aliphatic carbocycles. The zero-order chi connectivity index (χ0) is 12.8. The normalized spacial score (nSPS) is 14.6. The summed E-state index contributed by atoms with van der Waals surface area (Å²) in [5.74, 6) is -0.409. The van der Waals surface area contributed by atoms with Crippen molar-refractivity contribution in [3.63, 3.8) is 0 Å². The highest BCUT2D eigenvalue weighted by atomic mass is 16.4. The third-order valence-corrected chi connectivity index (χ3v) is 2.76. The summed E-state index contributed by atoms with van der Waals surface area (Å²) in [5, 5.41) is 12.3. The molecule has 0 saturated heterocycles. The number of hydrogen-bond donors (Lipinski definition) is 2. The van der Waals surface area contributed by atoms with Crippen molar-refractivity contribution in [1.82, 2.24) is 5.32 Å². The Kier molecular flexibility index (Phi) is 5.16. The van der Waals surface area contributed by atoms with Gasteiger partial charge < -0.3 is 5.11 Å². The maximum absolute atomic E-state index is 11.1. The number of carbonyl (C=O) groups is 1. The lowest BCUT2D eigenvalue weighted by atomic mass is 10.0. The summed E-state index contributed by atoms with van der Waals surface area (Å²) in [5.41, 5.74) is 1.11. The second-order valence-corrected chi connectivity index (χ2v) is 4.82. The van der Waals surface area contributed by atoms with Crippen LogP contribution in [0.3, 0.4) is 0 Å². The topological polar surface area (TPSA) is 49.3 Å². The zero-order valence-electron chi connectivity index (χ0n) is 10.7. The van der Waals surface area contributed by atoms with Crippen molar-refractivity contribution in [3.8, 4) is 0 Å². The van der Waals surface area contributed by atoms with Crippen molar-refractivity contribution in [1.29, 1.82) is 0 Å². The Bertz CT molecular complexity index is 348. The van der Waals surface area contributed by atoms with Gasteiger partial charge in [0.05, 0.1) is 0 Å². The lowest BCUT2D eigenvalue weighted by molar-refractivity contribution is -0.140. The monoisotopic (exact) mass is 235 g/mol. The van der Waals surface area contributed by atoms with Crippen molar-refractivity contribution in [2.24, 2.45) is 5.92 Å². The minimum Gasteiger partial charge on any atom is -0.480 e. The molecule has 94 valence electrons. The number of carboxylic acids is 1. The van der Waals surface area contributed by atoms with Crippen LogP contribution in [0.2, 0.25) is 0 Å². The van der Waals surface area contributed by atoms with Gasteiger partial charge in [-0.2, -0.15) is 0 Å². The van der Waals surface area contributed by atoms with Crippen molar-refractivity contribution in [2.45, 2.75) is 39.3 Å². The van der Waals surface area contributed by atoms with Crippen LogP contribution >= 0.6 is 0 Å². The highest BCUT2D eigenvalue weighted by Crippen LogP contribution is 2.14. The summed E-state index contributed by atoms with van der Waals surface area (Å²) in [6, 6.07) is 9.47. The first-order valence-electron chi connectivity index (χ1n) is 6.04. The average Bonchev–Trinajstić information content (AvgIpc) is 2.28. The lowest BCUT2D eigenvalue weighted by Gasteiger charge is -2.21. The number of nitrogens with one attached hydrogen (secondary N) is 1. The van der Waals surface area contributed by atoms with Gasteiger partial charge in [-0.05, 0) is 24.8 Å². The largest absolute Gasteiger partial charge is 0.480 e. The van der Waals surface area contributed by atoms with Gasteiger partial charge >= 0.3 is 5.97 Å². The number of aliphatic carboxylic acids is 1. The van der Waals surface area contributed by atoms with Gasteiger partial charge in [-0.25, -0.2) is 0 Å². The molecule has 0 fully saturated rings. The van der Waals surface area contributed by atoms with E-state index in [1.165, 1.54) is 0 Å². The van der Waals surface area contributed by atoms with E-state index in [1.54, 1.807) is 0 Å². The third kappa shape index (κ3) is 4.57. The first kappa shape index (κ1) is 13.7. The van der Waals surface area contributed by atoms with E-state index in [0.29, 0.717) is 12.3 Å². The van der Waals surface area contributed by atoms with E-state index in [4.69, 9.17) is 5.11 Å². The molecule has 0 heterocycles. The van der Waals surface area contributed by atoms with Gasteiger partial charge in [0, 0.05) is 6.04 Å². The Balaban J connectivity index is 2.64. The molecule has 2 atom stereocenters. The van der Waals surface area contributed by atoms with Gasteiger partial charge in [-0.15, -0.1) is 0 Å². The molecule has 0 bridgehead atoms. The van der Waals surface area contributed by atoms with Crippen molar-refractivity contribution in [3.05, 3.63) is 35.9 Å². The Morgan fingerprint density at radius 1 is 1.24 bits per heavy atom. The molecule has 0 spiro atoms. The molecule has 0 aliphatic heterocycles. The van der Waals surface area contributed by atoms with Gasteiger partial charge in [0.25, 0.3) is 0 Å². The summed E-state index contributed by atoms with van der Waals surface area (Å²) in [6.07, 6.45) is 0.645. The fourth-order valence-electron chi connectivity index (χ4n) is 1.85. The molecular weight excluding hydrogens is 214 g/mol. The Labute approximate surface area is 103 Å². The van der Waals surface area contributed by atoms with Crippen molar-refractivity contribution < 1.29 is 9.90 Å². The predicted molar refractivity (Wildman–Crippen MR) is 68.9 cm³/mol. The summed E-state index contributed by atoms with van der Waals surface area (Å²) in [4.78, 5) is 11.1. The minimum atomic E-state index is -0.776. The maximum atomic E-state index is 11.1. The molecule has 1 aromatic rings. The minimum absolute atomic E-state index is 0.0519. The highest BCUT2D eigenvalue weighted by Gasteiger charge is 2.20. The van der Waals surface area contributed by atoms with Gasteiger partial charge in [0.1, 0.15) is 6.04 Å². The summed E-state index contributed by atoms with van der Waals surface area (Å²) < 4.78 is 0. The number of benzene rings is 1. The van der Waals surface area contributed by atoms with Crippen LogP contribution in [-0.2, 0) is 4.79 Å². The molecular formula is C14H21NO2. The molecule has 17 heavy (non-hydrogen) atoms. The summed E-state index contributed by atoms with van der Waals surface area (Å²) in [6.45, 7) is 6.06. The number of hydrogen-bond acceptors (Lipinski definition) is 2. The van der Waals surface area contributed by atoms with E-state index in [1.807, 2.05) is 51.1 Å². The van der Waals surface area contributed by atoms with Gasteiger partial charge in [-0.1, -0.05) is 44.2 Å². The van der Waals surface area contributed by atoms with Crippen LogP contribution < -0.4 is 5.32 Å². The third-order valence-electron chi connectivity index (χ3n) is 2.76. The van der Waals surface area contributed by atoms with Gasteiger partial charge in [-0.3, -0.25) is 10.1 Å². The Morgan fingerprint density at radius 2 is 1.82 bits per heavy atom. The zero-order valence-corrected chi connectivity index (χ0v) is 10.7.